The third-order valence-electron chi connectivity index (χ3n) is 10.4. The molecule has 0 saturated heterocycles. The SMILES string of the molecule is CC1C[C@@H]2CC(=O)CC[C@]2(C)C2CC[C@@]3(C)C(CCC3[C@H](C)CCC(=O)O)[C@H]12. The van der Waals surface area contributed by atoms with E-state index in [-0.39, 0.29) is 0 Å². The number of carboxylic acid groups (broad SMARTS) is 1. The molecule has 4 unspecified atom stereocenters. The highest BCUT2D eigenvalue weighted by atomic mass is 16.4. The Balaban J connectivity index is 1.56. The average molecular weight is 389 g/mol. The molecule has 1 N–H and O–H groups in total. The van der Waals surface area contributed by atoms with E-state index in [4.69, 9.17) is 5.11 Å². The van der Waals surface area contributed by atoms with Crippen molar-refractivity contribution in [3.05, 3.63) is 0 Å². The molecule has 0 heterocycles. The first-order valence-corrected chi connectivity index (χ1v) is 11.9. The fourth-order valence-corrected chi connectivity index (χ4v) is 8.95. The number of aliphatic carboxylic acids is 1. The van der Waals surface area contributed by atoms with E-state index < -0.39 is 5.97 Å². The van der Waals surface area contributed by atoms with Crippen LogP contribution in [-0.2, 0) is 9.59 Å². The van der Waals surface area contributed by atoms with Gasteiger partial charge in [0.1, 0.15) is 5.78 Å². The second-order valence-corrected chi connectivity index (χ2v) is 11.6. The number of carbonyl (C=O) groups is 2. The van der Waals surface area contributed by atoms with Gasteiger partial charge in [-0.2, -0.15) is 0 Å². The molecule has 0 aliphatic heterocycles. The van der Waals surface area contributed by atoms with Crippen LogP contribution in [0, 0.1) is 52.3 Å². The maximum Gasteiger partial charge on any atom is 0.303 e. The Hall–Kier alpha value is -0.860. The van der Waals surface area contributed by atoms with Crippen LogP contribution < -0.4 is 0 Å². The van der Waals surface area contributed by atoms with Gasteiger partial charge in [-0.05, 0) is 97.2 Å². The fourth-order valence-electron chi connectivity index (χ4n) is 8.95. The van der Waals surface area contributed by atoms with E-state index in [1.807, 2.05) is 0 Å². The van der Waals surface area contributed by atoms with Crippen molar-refractivity contribution in [3.8, 4) is 0 Å². The minimum Gasteiger partial charge on any atom is -0.481 e. The van der Waals surface area contributed by atoms with Gasteiger partial charge in [-0.15, -0.1) is 0 Å². The normalized spacial score (nSPS) is 49.1. The molecular weight excluding hydrogens is 348 g/mol. The highest BCUT2D eigenvalue weighted by Gasteiger charge is 2.62. The van der Waals surface area contributed by atoms with Gasteiger partial charge in [0, 0.05) is 19.3 Å². The number of ketones is 1. The van der Waals surface area contributed by atoms with Crippen molar-refractivity contribution in [1.29, 1.82) is 0 Å². The summed E-state index contributed by atoms with van der Waals surface area (Å²) < 4.78 is 0. The number of Topliss-reactive ketones (excluding diaryl/α,β-unsaturated/α-hetero) is 1. The van der Waals surface area contributed by atoms with E-state index in [1.54, 1.807) is 0 Å². The van der Waals surface area contributed by atoms with Gasteiger partial charge in [0.25, 0.3) is 0 Å². The van der Waals surface area contributed by atoms with Crippen molar-refractivity contribution in [2.24, 2.45) is 52.3 Å². The summed E-state index contributed by atoms with van der Waals surface area (Å²) in [6.45, 7) is 9.86. The predicted molar refractivity (Wildman–Crippen MR) is 111 cm³/mol. The van der Waals surface area contributed by atoms with E-state index >= 15 is 0 Å². The highest BCUT2D eigenvalue weighted by Crippen LogP contribution is 2.69. The quantitative estimate of drug-likeness (QED) is 0.646. The Morgan fingerprint density at radius 3 is 2.57 bits per heavy atom. The number of hydrogen-bond acceptors (Lipinski definition) is 2. The molecule has 0 radical (unpaired) electrons. The summed E-state index contributed by atoms with van der Waals surface area (Å²) in [6, 6.07) is 0. The molecule has 4 rings (SSSR count). The third-order valence-corrected chi connectivity index (χ3v) is 10.4. The van der Waals surface area contributed by atoms with Gasteiger partial charge in [0.2, 0.25) is 0 Å². The van der Waals surface area contributed by atoms with Gasteiger partial charge in [0.15, 0.2) is 0 Å². The first kappa shape index (κ1) is 20.4. The summed E-state index contributed by atoms with van der Waals surface area (Å²) in [5, 5.41) is 9.12. The van der Waals surface area contributed by atoms with Crippen LogP contribution in [-0.4, -0.2) is 16.9 Å². The molecule has 0 amide bonds. The van der Waals surface area contributed by atoms with E-state index in [2.05, 4.69) is 27.7 Å². The van der Waals surface area contributed by atoms with Crippen molar-refractivity contribution < 1.29 is 14.7 Å². The molecule has 0 bridgehead atoms. The molecule has 28 heavy (non-hydrogen) atoms. The summed E-state index contributed by atoms with van der Waals surface area (Å²) in [5.41, 5.74) is 0.764. The highest BCUT2D eigenvalue weighted by molar-refractivity contribution is 5.79. The van der Waals surface area contributed by atoms with Gasteiger partial charge in [-0.1, -0.05) is 27.7 Å². The lowest BCUT2D eigenvalue weighted by molar-refractivity contribution is -0.150. The van der Waals surface area contributed by atoms with Gasteiger partial charge in [0.05, 0.1) is 0 Å². The van der Waals surface area contributed by atoms with Crippen LogP contribution in [0.25, 0.3) is 0 Å². The minimum absolute atomic E-state index is 0.314. The van der Waals surface area contributed by atoms with E-state index in [9.17, 15) is 9.59 Å². The van der Waals surface area contributed by atoms with Crippen molar-refractivity contribution >= 4 is 11.8 Å². The molecular formula is C25H40O3. The maximum absolute atomic E-state index is 12.1. The summed E-state index contributed by atoms with van der Waals surface area (Å²) in [5.74, 6) is 4.79. The Kier molecular flexibility index (Phi) is 5.20. The molecule has 4 aliphatic rings. The Labute approximate surface area is 171 Å². The molecule has 4 fully saturated rings. The minimum atomic E-state index is -0.651. The van der Waals surface area contributed by atoms with Gasteiger partial charge in [-0.25, -0.2) is 0 Å². The number of rotatable bonds is 4. The number of carbonyl (C=O) groups excluding carboxylic acids is 1. The summed E-state index contributed by atoms with van der Waals surface area (Å²) in [7, 11) is 0. The van der Waals surface area contributed by atoms with Crippen molar-refractivity contribution in [3.63, 3.8) is 0 Å². The zero-order chi connectivity index (χ0) is 20.3. The van der Waals surface area contributed by atoms with Crippen molar-refractivity contribution in [1.82, 2.24) is 0 Å². The standard InChI is InChI=1S/C25H40O3/c1-15(5-8-22(27)28)19-6-7-20-23-16(2)13-17-14-18(26)9-11-24(17,3)21(23)10-12-25(19,20)4/h15-17,19-21,23H,5-14H2,1-4H3,(H,27,28)/t15-,16?,17-,19?,20?,21?,23+,24+,25-/m1/s1. The molecule has 0 aromatic heterocycles. The van der Waals surface area contributed by atoms with Crippen molar-refractivity contribution in [2.45, 2.75) is 91.9 Å². The summed E-state index contributed by atoms with van der Waals surface area (Å²) in [6.07, 6.45) is 10.4. The molecule has 158 valence electrons. The fraction of sp³-hybridized carbons (Fsp3) is 0.920. The molecule has 4 aliphatic carbocycles. The van der Waals surface area contributed by atoms with Crippen LogP contribution in [0.2, 0.25) is 0 Å². The third kappa shape index (κ3) is 3.06. The van der Waals surface area contributed by atoms with Crippen LogP contribution in [0.4, 0.5) is 0 Å². The van der Waals surface area contributed by atoms with E-state index in [1.165, 1.54) is 32.1 Å². The topological polar surface area (TPSA) is 54.4 Å². The van der Waals surface area contributed by atoms with Crippen LogP contribution in [0.1, 0.15) is 91.9 Å². The second-order valence-electron chi connectivity index (χ2n) is 11.6. The lowest BCUT2D eigenvalue weighted by Gasteiger charge is -2.62. The smallest absolute Gasteiger partial charge is 0.303 e. The van der Waals surface area contributed by atoms with Crippen LogP contribution in [0.3, 0.4) is 0 Å². The van der Waals surface area contributed by atoms with Crippen molar-refractivity contribution in [2.75, 3.05) is 0 Å². The Bertz CT molecular complexity index is 642. The summed E-state index contributed by atoms with van der Waals surface area (Å²) in [4.78, 5) is 23.2. The summed E-state index contributed by atoms with van der Waals surface area (Å²) >= 11 is 0. The lowest BCUT2D eigenvalue weighted by Crippen LogP contribution is -2.56. The number of hydrogen-bond donors (Lipinski definition) is 1. The predicted octanol–water partition coefficient (Wildman–Crippen LogP) is 5.96. The van der Waals surface area contributed by atoms with E-state index in [0.29, 0.717) is 40.8 Å². The molecule has 4 saturated carbocycles. The molecule has 3 heteroatoms. The average Bonchev–Trinajstić information content (AvgIpc) is 2.98. The first-order valence-electron chi connectivity index (χ1n) is 11.9. The second kappa shape index (κ2) is 7.13. The monoisotopic (exact) mass is 388 g/mol. The Morgan fingerprint density at radius 2 is 1.86 bits per heavy atom. The van der Waals surface area contributed by atoms with Gasteiger partial charge >= 0.3 is 5.97 Å². The Morgan fingerprint density at radius 1 is 1.14 bits per heavy atom. The van der Waals surface area contributed by atoms with Gasteiger partial charge < -0.3 is 5.11 Å². The first-order chi connectivity index (χ1) is 13.2. The molecule has 3 nitrogen and oxygen atoms in total. The zero-order valence-corrected chi connectivity index (χ0v) is 18.4. The van der Waals surface area contributed by atoms with E-state index in [0.717, 1.165) is 49.4 Å². The molecule has 9 atom stereocenters. The lowest BCUT2D eigenvalue weighted by atomic mass is 9.42. The van der Waals surface area contributed by atoms with Crippen LogP contribution in [0.15, 0.2) is 0 Å². The maximum atomic E-state index is 12.1. The van der Waals surface area contributed by atoms with Crippen LogP contribution in [0.5, 0.6) is 0 Å². The largest absolute Gasteiger partial charge is 0.481 e. The molecule has 0 aromatic rings. The van der Waals surface area contributed by atoms with Crippen LogP contribution >= 0.6 is 0 Å². The van der Waals surface area contributed by atoms with Gasteiger partial charge in [-0.3, -0.25) is 9.59 Å². The molecule has 0 spiro atoms. The number of fused-ring (bicyclic) bond motifs is 5. The molecule has 0 aromatic carbocycles. The number of carboxylic acids is 1. The zero-order valence-electron chi connectivity index (χ0n) is 18.4.